The SMILES string of the molecule is O=C(Nc1cccc(Cl)c1)N1CCc2ccccc2C1c1ccncc1. The van der Waals surface area contributed by atoms with Gasteiger partial charge in [0.1, 0.15) is 0 Å². The summed E-state index contributed by atoms with van der Waals surface area (Å²) in [6, 6.07) is 19.1. The van der Waals surface area contributed by atoms with Crippen LogP contribution in [0.5, 0.6) is 0 Å². The fourth-order valence-electron chi connectivity index (χ4n) is 3.45. The van der Waals surface area contributed by atoms with Gasteiger partial charge in [-0.15, -0.1) is 0 Å². The number of carbonyl (C=O) groups is 1. The first-order valence-electron chi connectivity index (χ1n) is 8.53. The first kappa shape index (κ1) is 16.6. The number of fused-ring (bicyclic) bond motifs is 1. The molecule has 2 heterocycles. The molecule has 5 heteroatoms. The lowest BCUT2D eigenvalue weighted by molar-refractivity contribution is 0.194. The second-order valence-electron chi connectivity index (χ2n) is 6.27. The minimum absolute atomic E-state index is 0.136. The zero-order valence-corrected chi connectivity index (χ0v) is 14.9. The number of carbonyl (C=O) groups excluding carboxylic acids is 1. The number of amides is 2. The maximum absolute atomic E-state index is 13.0. The van der Waals surface area contributed by atoms with Crippen LogP contribution in [0.3, 0.4) is 0 Å². The summed E-state index contributed by atoms with van der Waals surface area (Å²) in [6.07, 6.45) is 4.36. The first-order chi connectivity index (χ1) is 12.7. The molecule has 2 amide bonds. The van der Waals surface area contributed by atoms with Gasteiger partial charge in [-0.1, -0.05) is 41.9 Å². The predicted octanol–water partition coefficient (Wildman–Crippen LogP) is 4.91. The highest BCUT2D eigenvalue weighted by molar-refractivity contribution is 6.30. The number of benzene rings is 2. The van der Waals surface area contributed by atoms with Gasteiger partial charge in [0.2, 0.25) is 0 Å². The normalized spacial score (nSPS) is 16.0. The zero-order valence-electron chi connectivity index (χ0n) is 14.1. The van der Waals surface area contributed by atoms with E-state index < -0.39 is 0 Å². The summed E-state index contributed by atoms with van der Waals surface area (Å²) in [5.74, 6) is 0. The Bertz CT molecular complexity index is 929. The minimum Gasteiger partial charge on any atom is -0.313 e. The van der Waals surface area contributed by atoms with Crippen LogP contribution in [0.4, 0.5) is 10.5 Å². The Morgan fingerprint density at radius 1 is 1.08 bits per heavy atom. The third kappa shape index (κ3) is 3.28. The summed E-state index contributed by atoms with van der Waals surface area (Å²) in [7, 11) is 0. The van der Waals surface area contributed by atoms with E-state index in [4.69, 9.17) is 11.6 Å². The number of nitrogens with zero attached hydrogens (tertiary/aromatic N) is 2. The molecule has 0 saturated carbocycles. The summed E-state index contributed by atoms with van der Waals surface area (Å²) in [5.41, 5.74) is 4.18. The van der Waals surface area contributed by atoms with Crippen molar-refractivity contribution in [1.82, 2.24) is 9.88 Å². The van der Waals surface area contributed by atoms with Crippen LogP contribution in [0.2, 0.25) is 5.02 Å². The molecule has 0 saturated heterocycles. The molecule has 4 rings (SSSR count). The van der Waals surface area contributed by atoms with Crippen LogP contribution in [-0.2, 0) is 6.42 Å². The number of anilines is 1. The standard InChI is InChI=1S/C21H18ClN3O/c22-17-5-3-6-18(14-17)24-21(26)25-13-10-15-4-1-2-7-19(15)20(25)16-8-11-23-12-9-16/h1-9,11-12,14,20H,10,13H2,(H,24,26). The Balaban J connectivity index is 1.69. The van der Waals surface area contributed by atoms with Gasteiger partial charge in [-0.2, -0.15) is 0 Å². The third-order valence-electron chi connectivity index (χ3n) is 4.64. The van der Waals surface area contributed by atoms with E-state index in [9.17, 15) is 4.79 Å². The zero-order chi connectivity index (χ0) is 17.9. The van der Waals surface area contributed by atoms with E-state index in [-0.39, 0.29) is 12.1 Å². The fraction of sp³-hybridized carbons (Fsp3) is 0.143. The molecule has 4 nitrogen and oxygen atoms in total. The molecule has 3 aromatic rings. The molecule has 0 bridgehead atoms. The minimum atomic E-state index is -0.137. The Kier molecular flexibility index (Phi) is 4.59. The summed E-state index contributed by atoms with van der Waals surface area (Å²) in [5, 5.41) is 3.56. The predicted molar refractivity (Wildman–Crippen MR) is 103 cm³/mol. The van der Waals surface area contributed by atoms with Crippen molar-refractivity contribution < 1.29 is 4.79 Å². The highest BCUT2D eigenvalue weighted by Gasteiger charge is 2.31. The van der Waals surface area contributed by atoms with E-state index >= 15 is 0 Å². The molecule has 1 atom stereocenters. The van der Waals surface area contributed by atoms with Crippen LogP contribution in [0.15, 0.2) is 73.1 Å². The van der Waals surface area contributed by atoms with Crippen molar-refractivity contribution in [3.8, 4) is 0 Å². The number of urea groups is 1. The smallest absolute Gasteiger partial charge is 0.313 e. The summed E-state index contributed by atoms with van der Waals surface area (Å²) in [6.45, 7) is 0.649. The van der Waals surface area contributed by atoms with E-state index in [1.807, 2.05) is 41.3 Å². The lowest BCUT2D eigenvalue weighted by Gasteiger charge is -2.37. The molecular formula is C21H18ClN3O. The number of halogens is 1. The van der Waals surface area contributed by atoms with Gasteiger partial charge in [-0.25, -0.2) is 4.79 Å². The van der Waals surface area contributed by atoms with Crippen molar-refractivity contribution in [3.05, 3.63) is 94.8 Å². The van der Waals surface area contributed by atoms with Crippen molar-refractivity contribution in [2.45, 2.75) is 12.5 Å². The highest BCUT2D eigenvalue weighted by atomic mass is 35.5. The second-order valence-corrected chi connectivity index (χ2v) is 6.70. The summed E-state index contributed by atoms with van der Waals surface area (Å²) in [4.78, 5) is 19.0. The van der Waals surface area contributed by atoms with Gasteiger partial charge in [0.15, 0.2) is 0 Å². The molecule has 1 N–H and O–H groups in total. The average molecular weight is 364 g/mol. The van der Waals surface area contributed by atoms with Crippen LogP contribution in [0, 0.1) is 0 Å². The molecule has 26 heavy (non-hydrogen) atoms. The third-order valence-corrected chi connectivity index (χ3v) is 4.88. The van der Waals surface area contributed by atoms with E-state index in [1.165, 1.54) is 5.56 Å². The van der Waals surface area contributed by atoms with Crippen LogP contribution >= 0.6 is 11.6 Å². The van der Waals surface area contributed by atoms with Gasteiger partial charge >= 0.3 is 6.03 Å². The Morgan fingerprint density at radius 2 is 1.88 bits per heavy atom. The largest absolute Gasteiger partial charge is 0.322 e. The van der Waals surface area contributed by atoms with Gasteiger partial charge in [0.05, 0.1) is 6.04 Å². The molecular weight excluding hydrogens is 346 g/mol. The van der Waals surface area contributed by atoms with Crippen molar-refractivity contribution in [1.29, 1.82) is 0 Å². The van der Waals surface area contributed by atoms with Crippen molar-refractivity contribution in [2.75, 3.05) is 11.9 Å². The maximum Gasteiger partial charge on any atom is 0.322 e. The van der Waals surface area contributed by atoms with Gasteiger partial charge in [-0.3, -0.25) is 4.98 Å². The number of aromatic nitrogens is 1. The second kappa shape index (κ2) is 7.18. The van der Waals surface area contributed by atoms with E-state index in [0.29, 0.717) is 17.3 Å². The van der Waals surface area contributed by atoms with E-state index in [0.717, 1.165) is 17.5 Å². The molecule has 1 unspecified atom stereocenters. The van der Waals surface area contributed by atoms with Gasteiger partial charge in [-0.05, 0) is 53.4 Å². The number of rotatable bonds is 2. The van der Waals surface area contributed by atoms with Crippen LogP contribution < -0.4 is 5.32 Å². The molecule has 1 aliphatic rings. The summed E-state index contributed by atoms with van der Waals surface area (Å²) >= 11 is 6.03. The van der Waals surface area contributed by atoms with E-state index in [1.54, 1.807) is 24.5 Å². The maximum atomic E-state index is 13.0. The average Bonchev–Trinajstić information content (AvgIpc) is 2.67. The molecule has 0 spiro atoms. The summed E-state index contributed by atoms with van der Waals surface area (Å²) < 4.78 is 0. The number of nitrogens with one attached hydrogen (secondary N) is 1. The number of hydrogen-bond donors (Lipinski definition) is 1. The topological polar surface area (TPSA) is 45.2 Å². The van der Waals surface area contributed by atoms with Crippen LogP contribution in [0.25, 0.3) is 0 Å². The quantitative estimate of drug-likeness (QED) is 0.702. The fourth-order valence-corrected chi connectivity index (χ4v) is 3.64. The van der Waals surface area contributed by atoms with Gasteiger partial charge in [0, 0.05) is 29.6 Å². The van der Waals surface area contributed by atoms with Crippen molar-refractivity contribution in [3.63, 3.8) is 0 Å². The monoisotopic (exact) mass is 363 g/mol. The highest BCUT2D eigenvalue weighted by Crippen LogP contribution is 2.35. The molecule has 0 radical (unpaired) electrons. The Morgan fingerprint density at radius 3 is 2.69 bits per heavy atom. The lowest BCUT2D eigenvalue weighted by atomic mass is 9.89. The molecule has 0 aliphatic carbocycles. The Labute approximate surface area is 157 Å². The first-order valence-corrected chi connectivity index (χ1v) is 8.91. The van der Waals surface area contributed by atoms with Crippen LogP contribution in [-0.4, -0.2) is 22.5 Å². The van der Waals surface area contributed by atoms with Gasteiger partial charge < -0.3 is 10.2 Å². The molecule has 2 aromatic carbocycles. The molecule has 1 aromatic heterocycles. The number of hydrogen-bond acceptors (Lipinski definition) is 2. The van der Waals surface area contributed by atoms with Gasteiger partial charge in [0.25, 0.3) is 0 Å². The molecule has 1 aliphatic heterocycles. The number of pyridine rings is 1. The van der Waals surface area contributed by atoms with E-state index in [2.05, 4.69) is 22.4 Å². The lowest BCUT2D eigenvalue weighted by Crippen LogP contribution is -2.43. The van der Waals surface area contributed by atoms with Crippen LogP contribution in [0.1, 0.15) is 22.7 Å². The Hall–Kier alpha value is -2.85. The molecule has 0 fully saturated rings. The van der Waals surface area contributed by atoms with Crippen molar-refractivity contribution in [2.24, 2.45) is 0 Å². The van der Waals surface area contributed by atoms with Crippen molar-refractivity contribution >= 4 is 23.3 Å². The molecule has 130 valence electrons.